The fourth-order valence-electron chi connectivity index (χ4n) is 2.86. The van der Waals surface area contributed by atoms with Gasteiger partial charge in [0.25, 0.3) is 0 Å². The molecule has 2 rings (SSSR count). The lowest BCUT2D eigenvalue weighted by Crippen LogP contribution is -2.04. The van der Waals surface area contributed by atoms with Crippen LogP contribution in [-0.2, 0) is 0 Å². The molecular weight excluding hydrogens is 496 g/mol. The van der Waals surface area contributed by atoms with Crippen molar-refractivity contribution in [3.05, 3.63) is 35.4 Å². The van der Waals surface area contributed by atoms with Crippen molar-refractivity contribution in [2.45, 2.75) is 9.65 Å². The summed E-state index contributed by atoms with van der Waals surface area (Å²) >= 11 is 7.56. The van der Waals surface area contributed by atoms with Crippen LogP contribution in [0.25, 0.3) is 0 Å². The summed E-state index contributed by atoms with van der Waals surface area (Å²) in [6, 6.07) is 7.64. The van der Waals surface area contributed by atoms with E-state index in [0.29, 0.717) is 34.5 Å². The molecule has 0 spiro atoms. The van der Waals surface area contributed by atoms with Gasteiger partial charge in [0, 0.05) is 0 Å². The van der Waals surface area contributed by atoms with Gasteiger partial charge in [-0.25, -0.2) is 0 Å². The fourth-order valence-corrected chi connectivity index (χ4v) is 4.00. The normalized spacial score (nSPS) is 12.7. The first-order chi connectivity index (χ1) is 13.4. The van der Waals surface area contributed by atoms with E-state index in [0.717, 1.165) is 11.1 Å². The molecule has 0 amide bonds. The fraction of sp³-hybridized carbons (Fsp3) is 0.400. The highest BCUT2D eigenvalue weighted by atomic mass is 79.9. The van der Waals surface area contributed by atoms with Crippen LogP contribution in [0.4, 0.5) is 0 Å². The average Bonchev–Trinajstić information content (AvgIpc) is 2.75. The third kappa shape index (κ3) is 4.43. The minimum Gasteiger partial charge on any atom is -0.493 e. The van der Waals surface area contributed by atoms with Crippen LogP contribution in [0.5, 0.6) is 34.5 Å². The monoisotopic (exact) mass is 518 g/mol. The number of hydrogen-bond acceptors (Lipinski definition) is 6. The van der Waals surface area contributed by atoms with Gasteiger partial charge in [-0.05, 0) is 35.4 Å². The molecule has 8 heteroatoms. The molecule has 0 N–H and O–H groups in total. The van der Waals surface area contributed by atoms with Crippen molar-refractivity contribution in [2.24, 2.45) is 0 Å². The van der Waals surface area contributed by atoms with Crippen molar-refractivity contribution in [1.82, 2.24) is 0 Å². The summed E-state index contributed by atoms with van der Waals surface area (Å²) in [7, 11) is 9.53. The highest BCUT2D eigenvalue weighted by Gasteiger charge is 2.26. The van der Waals surface area contributed by atoms with Gasteiger partial charge in [0.05, 0.1) is 52.3 Å². The first-order valence-corrected chi connectivity index (χ1v) is 10.2. The lowest BCUT2D eigenvalue weighted by molar-refractivity contribution is 0.323. The molecule has 154 valence electrons. The molecule has 0 aromatic heterocycles. The smallest absolute Gasteiger partial charge is 0.203 e. The zero-order valence-electron chi connectivity index (χ0n) is 16.7. The maximum atomic E-state index is 5.46. The average molecular weight is 520 g/mol. The van der Waals surface area contributed by atoms with Gasteiger partial charge in [-0.1, -0.05) is 31.9 Å². The largest absolute Gasteiger partial charge is 0.493 e. The van der Waals surface area contributed by atoms with Gasteiger partial charge in [-0.2, -0.15) is 0 Å². The number of rotatable bonds is 9. The molecule has 2 unspecified atom stereocenters. The van der Waals surface area contributed by atoms with E-state index < -0.39 is 0 Å². The van der Waals surface area contributed by atoms with Crippen LogP contribution in [0, 0.1) is 0 Å². The standard InChI is InChI=1S/C20H24Br2O6/c1-23-13-7-11(8-14(24-2)19(13)27-5)17(21)18(22)12-9-15(25-3)20(28-6)16(10-12)26-4/h7-10,17-18H,1-6H3. The van der Waals surface area contributed by atoms with Crippen LogP contribution in [0.3, 0.4) is 0 Å². The third-order valence-corrected chi connectivity index (χ3v) is 7.09. The minimum atomic E-state index is -0.107. The van der Waals surface area contributed by atoms with E-state index in [4.69, 9.17) is 28.4 Å². The molecule has 0 aliphatic heterocycles. The number of halogens is 2. The van der Waals surface area contributed by atoms with Gasteiger partial charge >= 0.3 is 0 Å². The summed E-state index contributed by atoms with van der Waals surface area (Å²) in [5, 5.41) is 0. The Labute approximate surface area is 182 Å². The maximum absolute atomic E-state index is 5.46. The second-order valence-corrected chi connectivity index (χ2v) is 7.69. The number of alkyl halides is 2. The molecule has 28 heavy (non-hydrogen) atoms. The van der Waals surface area contributed by atoms with Gasteiger partial charge in [0.15, 0.2) is 23.0 Å². The Hall–Kier alpha value is -1.80. The van der Waals surface area contributed by atoms with Crippen molar-refractivity contribution in [3.63, 3.8) is 0 Å². The van der Waals surface area contributed by atoms with Gasteiger partial charge < -0.3 is 28.4 Å². The van der Waals surface area contributed by atoms with Crippen LogP contribution in [0.2, 0.25) is 0 Å². The lowest BCUT2D eigenvalue weighted by Gasteiger charge is -2.22. The first-order valence-electron chi connectivity index (χ1n) is 8.33. The quantitative estimate of drug-likeness (QED) is 0.418. The summed E-state index contributed by atoms with van der Waals surface area (Å²) in [6.45, 7) is 0. The molecule has 0 heterocycles. The summed E-state index contributed by atoms with van der Waals surface area (Å²) in [5.74, 6) is 3.45. The van der Waals surface area contributed by atoms with Gasteiger partial charge in [0.2, 0.25) is 11.5 Å². The van der Waals surface area contributed by atoms with Crippen LogP contribution in [0.15, 0.2) is 24.3 Å². The molecule has 0 aliphatic rings. The van der Waals surface area contributed by atoms with E-state index >= 15 is 0 Å². The molecule has 0 bridgehead atoms. The summed E-state index contributed by atoms with van der Waals surface area (Å²) in [5.41, 5.74) is 1.90. The van der Waals surface area contributed by atoms with Crippen LogP contribution in [-0.4, -0.2) is 42.7 Å². The van der Waals surface area contributed by atoms with Gasteiger partial charge in [-0.15, -0.1) is 0 Å². The minimum absolute atomic E-state index is 0.107. The van der Waals surface area contributed by atoms with E-state index in [9.17, 15) is 0 Å². The van der Waals surface area contributed by atoms with Crippen LogP contribution < -0.4 is 28.4 Å². The molecule has 0 saturated carbocycles. The lowest BCUT2D eigenvalue weighted by atomic mass is 10.0. The Balaban J connectivity index is 2.48. The van der Waals surface area contributed by atoms with Crippen molar-refractivity contribution in [1.29, 1.82) is 0 Å². The molecular formula is C20H24Br2O6. The zero-order valence-corrected chi connectivity index (χ0v) is 19.8. The molecule has 0 saturated heterocycles. The van der Waals surface area contributed by atoms with E-state index in [1.54, 1.807) is 42.7 Å². The molecule has 2 aromatic rings. The van der Waals surface area contributed by atoms with Crippen LogP contribution >= 0.6 is 31.9 Å². The molecule has 0 fully saturated rings. The molecule has 2 aromatic carbocycles. The Morgan fingerprint density at radius 3 is 0.929 bits per heavy atom. The zero-order chi connectivity index (χ0) is 20.8. The first kappa shape index (κ1) is 22.5. The summed E-state index contributed by atoms with van der Waals surface area (Å²) in [6.07, 6.45) is 0. The van der Waals surface area contributed by atoms with Crippen LogP contribution in [0.1, 0.15) is 20.8 Å². The Morgan fingerprint density at radius 1 is 0.500 bits per heavy atom. The summed E-state index contributed by atoms with van der Waals surface area (Å²) in [4.78, 5) is -0.215. The highest BCUT2D eigenvalue weighted by molar-refractivity contribution is 9.12. The number of methoxy groups -OCH3 is 6. The van der Waals surface area contributed by atoms with Crippen molar-refractivity contribution < 1.29 is 28.4 Å². The Morgan fingerprint density at radius 2 is 0.750 bits per heavy atom. The Kier molecular flexibility index (Phi) is 8.12. The van der Waals surface area contributed by atoms with Crippen molar-refractivity contribution >= 4 is 31.9 Å². The van der Waals surface area contributed by atoms with E-state index in [-0.39, 0.29) is 9.65 Å². The molecule has 2 atom stereocenters. The number of benzene rings is 2. The molecule has 0 radical (unpaired) electrons. The second-order valence-electron chi connectivity index (χ2n) is 5.72. The predicted molar refractivity (Wildman–Crippen MR) is 116 cm³/mol. The van der Waals surface area contributed by atoms with Gasteiger partial charge in [0.1, 0.15) is 0 Å². The summed E-state index contributed by atoms with van der Waals surface area (Å²) < 4.78 is 32.6. The predicted octanol–water partition coefficient (Wildman–Crippen LogP) is 5.31. The van der Waals surface area contributed by atoms with Crippen molar-refractivity contribution in [2.75, 3.05) is 42.7 Å². The number of hydrogen-bond donors (Lipinski definition) is 0. The van der Waals surface area contributed by atoms with E-state index in [1.165, 1.54) is 0 Å². The molecule has 6 nitrogen and oxygen atoms in total. The Bertz CT molecular complexity index is 694. The highest BCUT2D eigenvalue weighted by Crippen LogP contribution is 2.50. The van der Waals surface area contributed by atoms with E-state index in [2.05, 4.69) is 31.9 Å². The second kappa shape index (κ2) is 10.1. The van der Waals surface area contributed by atoms with E-state index in [1.807, 2.05) is 24.3 Å². The topological polar surface area (TPSA) is 55.4 Å². The number of ether oxygens (including phenoxy) is 6. The third-order valence-electron chi connectivity index (χ3n) is 4.27. The maximum Gasteiger partial charge on any atom is 0.203 e. The van der Waals surface area contributed by atoms with Crippen molar-refractivity contribution in [3.8, 4) is 34.5 Å². The van der Waals surface area contributed by atoms with Gasteiger partial charge in [-0.3, -0.25) is 0 Å². The SMILES string of the molecule is COc1cc(C(Br)C(Br)c2cc(OC)c(OC)c(OC)c2)cc(OC)c1OC. The molecule has 0 aliphatic carbocycles.